The lowest BCUT2D eigenvalue weighted by Gasteiger charge is -2.36. The summed E-state index contributed by atoms with van der Waals surface area (Å²) in [6.45, 7) is 3.54. The Morgan fingerprint density at radius 1 is 1.29 bits per heavy atom. The van der Waals surface area contributed by atoms with Gasteiger partial charge in [-0.05, 0) is 37.8 Å². The van der Waals surface area contributed by atoms with Crippen molar-refractivity contribution in [3.05, 3.63) is 36.0 Å². The van der Waals surface area contributed by atoms with Crippen LogP contribution >= 0.6 is 0 Å². The predicted molar refractivity (Wildman–Crippen MR) is 93.6 cm³/mol. The lowest BCUT2D eigenvalue weighted by molar-refractivity contribution is -0.135. The number of nitrogens with one attached hydrogen (secondary N) is 1. The maximum Gasteiger partial charge on any atom is 0.312 e. The highest BCUT2D eigenvalue weighted by Crippen LogP contribution is 2.22. The molecule has 6 nitrogen and oxygen atoms in total. The first kappa shape index (κ1) is 16.4. The Morgan fingerprint density at radius 2 is 2.08 bits per heavy atom. The highest BCUT2D eigenvalue weighted by atomic mass is 16.2. The molecule has 0 spiro atoms. The van der Waals surface area contributed by atoms with Crippen LogP contribution in [0.25, 0.3) is 10.9 Å². The molecule has 1 aromatic carbocycles. The van der Waals surface area contributed by atoms with Crippen LogP contribution in [0.15, 0.2) is 30.5 Å². The summed E-state index contributed by atoms with van der Waals surface area (Å²) in [5, 5.41) is 3.81. The zero-order chi connectivity index (χ0) is 17.1. The third-order valence-electron chi connectivity index (χ3n) is 4.75. The van der Waals surface area contributed by atoms with E-state index in [1.807, 2.05) is 33.9 Å². The largest absolute Gasteiger partial charge is 0.352 e. The molecule has 2 aromatic rings. The molecule has 1 saturated heterocycles. The van der Waals surface area contributed by atoms with Crippen molar-refractivity contribution in [2.75, 3.05) is 13.1 Å². The van der Waals surface area contributed by atoms with E-state index in [-0.39, 0.29) is 11.9 Å². The Morgan fingerprint density at radius 3 is 2.88 bits per heavy atom. The fourth-order valence-corrected chi connectivity index (χ4v) is 3.56. The molecule has 1 aromatic heterocycles. The lowest BCUT2D eigenvalue weighted by Crippen LogP contribution is -2.51. The van der Waals surface area contributed by atoms with Gasteiger partial charge in [0.15, 0.2) is 0 Å². The van der Waals surface area contributed by atoms with Crippen molar-refractivity contribution in [3.8, 4) is 0 Å². The van der Waals surface area contributed by atoms with Crippen LogP contribution in [-0.4, -0.2) is 40.5 Å². The monoisotopic (exact) mass is 328 g/mol. The first-order valence-electron chi connectivity index (χ1n) is 8.43. The van der Waals surface area contributed by atoms with Crippen LogP contribution in [-0.2, 0) is 11.3 Å². The Labute approximate surface area is 141 Å². The van der Waals surface area contributed by atoms with Gasteiger partial charge in [0.05, 0.1) is 0 Å². The average Bonchev–Trinajstić information content (AvgIpc) is 2.89. The number of aryl methyl sites for hydroxylation is 1. The van der Waals surface area contributed by atoms with Gasteiger partial charge in [0.1, 0.15) is 6.54 Å². The molecule has 24 heavy (non-hydrogen) atoms. The van der Waals surface area contributed by atoms with Gasteiger partial charge in [0.2, 0.25) is 5.91 Å². The summed E-state index contributed by atoms with van der Waals surface area (Å²) in [5.74, 6) is 0.0896. The molecular weight excluding hydrogens is 304 g/mol. The van der Waals surface area contributed by atoms with Crippen LogP contribution in [0.1, 0.15) is 24.8 Å². The van der Waals surface area contributed by atoms with E-state index >= 15 is 0 Å². The van der Waals surface area contributed by atoms with E-state index in [4.69, 9.17) is 5.73 Å². The second-order valence-electron chi connectivity index (χ2n) is 6.44. The Balaban J connectivity index is 1.75. The predicted octanol–water partition coefficient (Wildman–Crippen LogP) is 2.00. The van der Waals surface area contributed by atoms with E-state index in [2.05, 4.69) is 18.3 Å². The molecule has 0 radical (unpaired) electrons. The first-order valence-corrected chi connectivity index (χ1v) is 8.43. The molecule has 1 fully saturated rings. The fourth-order valence-electron chi connectivity index (χ4n) is 3.56. The van der Waals surface area contributed by atoms with Crippen LogP contribution < -0.4 is 11.1 Å². The van der Waals surface area contributed by atoms with Gasteiger partial charge in [-0.3, -0.25) is 4.79 Å². The van der Waals surface area contributed by atoms with Gasteiger partial charge in [0.25, 0.3) is 0 Å². The Hall–Kier alpha value is -2.50. The van der Waals surface area contributed by atoms with E-state index in [1.165, 1.54) is 10.9 Å². The van der Waals surface area contributed by atoms with Gasteiger partial charge in [-0.2, -0.15) is 0 Å². The summed E-state index contributed by atoms with van der Waals surface area (Å²) in [6.07, 6.45) is 5.01. The topological polar surface area (TPSA) is 80.4 Å². The van der Waals surface area contributed by atoms with Crippen LogP contribution in [0, 0.1) is 6.92 Å². The van der Waals surface area contributed by atoms with Gasteiger partial charge in [0, 0.05) is 36.2 Å². The van der Waals surface area contributed by atoms with Crippen molar-refractivity contribution in [1.29, 1.82) is 0 Å². The van der Waals surface area contributed by atoms with E-state index < -0.39 is 6.03 Å². The molecule has 1 aliphatic rings. The van der Waals surface area contributed by atoms with Crippen molar-refractivity contribution in [2.24, 2.45) is 5.73 Å². The minimum atomic E-state index is -0.542. The summed E-state index contributed by atoms with van der Waals surface area (Å²) in [6, 6.07) is 7.60. The number of piperidine rings is 1. The van der Waals surface area contributed by atoms with E-state index in [0.717, 1.165) is 31.3 Å². The molecule has 0 unspecified atom stereocenters. The second kappa shape index (κ2) is 6.95. The van der Waals surface area contributed by atoms with Crippen molar-refractivity contribution in [3.63, 3.8) is 0 Å². The minimum absolute atomic E-state index is 0.0293. The van der Waals surface area contributed by atoms with Crippen molar-refractivity contribution in [2.45, 2.75) is 38.8 Å². The standard InChI is InChI=1S/C18H24N4O2/c1-13-11-21(16-8-3-2-7-15(13)16)12-17(23)22-9-5-4-6-14(22)10-20-18(19)24/h2-3,7-8,11,14H,4-6,9-10,12H2,1H3,(H3,19,20,24)/t14-/m0/s1. The molecule has 1 atom stereocenters. The lowest BCUT2D eigenvalue weighted by atomic mass is 10.0. The van der Waals surface area contributed by atoms with E-state index in [1.54, 1.807) is 0 Å². The number of fused-ring (bicyclic) bond motifs is 1. The molecule has 0 saturated carbocycles. The third-order valence-corrected chi connectivity index (χ3v) is 4.75. The maximum absolute atomic E-state index is 12.8. The number of urea groups is 1. The molecule has 0 bridgehead atoms. The van der Waals surface area contributed by atoms with Crippen molar-refractivity contribution < 1.29 is 9.59 Å². The molecule has 3 N–H and O–H groups in total. The zero-order valence-electron chi connectivity index (χ0n) is 14.0. The molecule has 128 valence electrons. The number of aromatic nitrogens is 1. The summed E-state index contributed by atoms with van der Waals surface area (Å²) in [7, 11) is 0. The van der Waals surface area contributed by atoms with Crippen molar-refractivity contribution >= 4 is 22.8 Å². The number of carbonyl (C=O) groups is 2. The maximum atomic E-state index is 12.8. The zero-order valence-corrected chi connectivity index (χ0v) is 14.0. The molecule has 6 heteroatoms. The average molecular weight is 328 g/mol. The van der Waals surface area contributed by atoms with Crippen LogP contribution in [0.2, 0.25) is 0 Å². The number of likely N-dealkylation sites (tertiary alicyclic amines) is 1. The van der Waals surface area contributed by atoms with Gasteiger partial charge in [-0.1, -0.05) is 18.2 Å². The van der Waals surface area contributed by atoms with E-state index in [0.29, 0.717) is 13.1 Å². The summed E-state index contributed by atoms with van der Waals surface area (Å²) in [4.78, 5) is 25.7. The summed E-state index contributed by atoms with van der Waals surface area (Å²) >= 11 is 0. The number of benzene rings is 1. The smallest absolute Gasteiger partial charge is 0.312 e. The molecule has 2 heterocycles. The highest BCUT2D eigenvalue weighted by molar-refractivity contribution is 5.86. The number of hydrogen-bond donors (Lipinski definition) is 2. The number of carbonyl (C=O) groups excluding carboxylic acids is 2. The summed E-state index contributed by atoms with van der Waals surface area (Å²) < 4.78 is 2.01. The normalized spacial score (nSPS) is 17.9. The van der Waals surface area contributed by atoms with Gasteiger partial charge in [-0.15, -0.1) is 0 Å². The molecular formula is C18H24N4O2. The van der Waals surface area contributed by atoms with Gasteiger partial charge < -0.3 is 20.5 Å². The number of primary amides is 1. The fraction of sp³-hybridized carbons (Fsp3) is 0.444. The highest BCUT2D eigenvalue weighted by Gasteiger charge is 2.27. The number of para-hydroxylation sites is 1. The number of amides is 3. The molecule has 3 rings (SSSR count). The Bertz CT molecular complexity index is 753. The molecule has 3 amide bonds. The SMILES string of the molecule is Cc1cn(CC(=O)N2CCCC[C@H]2CNC(N)=O)c2ccccc12. The minimum Gasteiger partial charge on any atom is -0.352 e. The van der Waals surface area contributed by atoms with Crippen LogP contribution in [0.3, 0.4) is 0 Å². The molecule has 0 aliphatic carbocycles. The third kappa shape index (κ3) is 3.37. The number of rotatable bonds is 4. The van der Waals surface area contributed by atoms with Gasteiger partial charge in [-0.25, -0.2) is 4.79 Å². The first-order chi connectivity index (χ1) is 11.6. The summed E-state index contributed by atoms with van der Waals surface area (Å²) in [5.41, 5.74) is 7.41. The van der Waals surface area contributed by atoms with Gasteiger partial charge >= 0.3 is 6.03 Å². The van der Waals surface area contributed by atoms with E-state index in [9.17, 15) is 9.59 Å². The molecule has 1 aliphatic heterocycles. The number of hydrogen-bond acceptors (Lipinski definition) is 2. The number of nitrogens with zero attached hydrogens (tertiary/aromatic N) is 2. The van der Waals surface area contributed by atoms with Crippen LogP contribution in [0.5, 0.6) is 0 Å². The second-order valence-corrected chi connectivity index (χ2v) is 6.44. The van der Waals surface area contributed by atoms with Crippen molar-refractivity contribution in [1.82, 2.24) is 14.8 Å². The number of nitrogens with two attached hydrogens (primary N) is 1. The van der Waals surface area contributed by atoms with Crippen LogP contribution in [0.4, 0.5) is 4.79 Å². The quantitative estimate of drug-likeness (QED) is 0.900. The Kier molecular flexibility index (Phi) is 4.74.